The van der Waals surface area contributed by atoms with Gasteiger partial charge in [0.15, 0.2) is 6.10 Å². The Morgan fingerprint density at radius 2 is 1.83 bits per heavy atom. The van der Waals surface area contributed by atoms with E-state index in [0.29, 0.717) is 13.0 Å². The minimum Gasteiger partial charge on any atom is -0.480 e. The van der Waals surface area contributed by atoms with Gasteiger partial charge in [-0.15, -0.1) is 0 Å². The summed E-state index contributed by atoms with van der Waals surface area (Å²) in [7, 11) is 1.82. The molecule has 0 heterocycles. The van der Waals surface area contributed by atoms with E-state index >= 15 is 0 Å². The maximum absolute atomic E-state index is 12.7. The zero-order valence-electron chi connectivity index (χ0n) is 14.4. The van der Waals surface area contributed by atoms with E-state index in [1.165, 1.54) is 0 Å². The number of benzene rings is 2. The van der Waals surface area contributed by atoms with Crippen LogP contribution >= 0.6 is 0 Å². The highest BCUT2D eigenvalue weighted by Gasteiger charge is 2.23. The fourth-order valence-electron chi connectivity index (χ4n) is 2.48. The van der Waals surface area contributed by atoms with E-state index < -0.39 is 6.10 Å². The summed E-state index contributed by atoms with van der Waals surface area (Å²) in [4.78, 5) is 14.4. The van der Waals surface area contributed by atoms with E-state index in [1.807, 2.05) is 76.3 Å². The van der Waals surface area contributed by atoms with Crippen molar-refractivity contribution in [2.75, 3.05) is 7.05 Å². The molecule has 2 aromatic rings. The quantitative estimate of drug-likeness (QED) is 0.803. The van der Waals surface area contributed by atoms with Crippen LogP contribution in [0.4, 0.5) is 0 Å². The third-order valence-electron chi connectivity index (χ3n) is 3.90. The van der Waals surface area contributed by atoms with E-state index in [9.17, 15) is 4.79 Å². The van der Waals surface area contributed by atoms with Crippen molar-refractivity contribution < 1.29 is 9.53 Å². The molecule has 1 amide bonds. The van der Waals surface area contributed by atoms with E-state index in [4.69, 9.17) is 4.74 Å². The average molecular weight is 311 g/mol. The van der Waals surface area contributed by atoms with Crippen LogP contribution in [0.15, 0.2) is 48.5 Å². The fraction of sp³-hybridized carbons (Fsp3) is 0.350. The molecule has 23 heavy (non-hydrogen) atoms. The normalized spacial score (nSPS) is 11.8. The van der Waals surface area contributed by atoms with Gasteiger partial charge in [-0.1, -0.05) is 49.4 Å². The number of hydrogen-bond acceptors (Lipinski definition) is 2. The molecule has 0 saturated carbocycles. The molecular formula is C20H25NO2. The highest BCUT2D eigenvalue weighted by atomic mass is 16.5. The predicted octanol–water partition coefficient (Wildman–Crippen LogP) is 4.12. The van der Waals surface area contributed by atoms with Crippen LogP contribution in [-0.2, 0) is 11.3 Å². The lowest BCUT2D eigenvalue weighted by atomic mass is 10.1. The molecule has 0 spiro atoms. The molecule has 2 rings (SSSR count). The van der Waals surface area contributed by atoms with Crippen molar-refractivity contribution in [1.29, 1.82) is 0 Å². The van der Waals surface area contributed by atoms with E-state index in [-0.39, 0.29) is 5.91 Å². The third kappa shape index (κ3) is 4.59. The first-order chi connectivity index (χ1) is 11.0. The number of hydrogen-bond donors (Lipinski definition) is 0. The topological polar surface area (TPSA) is 29.5 Å². The number of carbonyl (C=O) groups excluding carboxylic acids is 1. The summed E-state index contributed by atoms with van der Waals surface area (Å²) in [5.74, 6) is 0.801. The van der Waals surface area contributed by atoms with Crippen LogP contribution in [0.5, 0.6) is 5.75 Å². The zero-order valence-corrected chi connectivity index (χ0v) is 14.4. The van der Waals surface area contributed by atoms with Gasteiger partial charge in [-0.05, 0) is 43.0 Å². The SMILES string of the molecule is CCC(Oc1cc(C)ccc1C)C(=O)N(C)Cc1ccccc1. The first kappa shape index (κ1) is 17.1. The summed E-state index contributed by atoms with van der Waals surface area (Å²) in [6, 6.07) is 16.1. The van der Waals surface area contributed by atoms with Crippen molar-refractivity contribution in [2.24, 2.45) is 0 Å². The van der Waals surface area contributed by atoms with E-state index in [0.717, 1.165) is 22.4 Å². The number of likely N-dealkylation sites (N-methyl/N-ethyl adjacent to an activating group) is 1. The summed E-state index contributed by atoms with van der Waals surface area (Å²) in [5, 5.41) is 0. The Hall–Kier alpha value is -2.29. The number of aryl methyl sites for hydroxylation is 2. The molecule has 0 aliphatic heterocycles. The van der Waals surface area contributed by atoms with Crippen molar-refractivity contribution in [2.45, 2.75) is 39.8 Å². The zero-order chi connectivity index (χ0) is 16.8. The van der Waals surface area contributed by atoms with Gasteiger partial charge in [0.2, 0.25) is 0 Å². The first-order valence-corrected chi connectivity index (χ1v) is 8.04. The lowest BCUT2D eigenvalue weighted by Gasteiger charge is -2.24. The third-order valence-corrected chi connectivity index (χ3v) is 3.90. The second kappa shape index (κ2) is 7.82. The Morgan fingerprint density at radius 3 is 2.48 bits per heavy atom. The molecule has 0 saturated heterocycles. The molecule has 1 unspecified atom stereocenters. The number of rotatable bonds is 6. The summed E-state index contributed by atoms with van der Waals surface area (Å²) in [5.41, 5.74) is 3.29. The summed E-state index contributed by atoms with van der Waals surface area (Å²) in [6.45, 7) is 6.59. The first-order valence-electron chi connectivity index (χ1n) is 8.04. The van der Waals surface area contributed by atoms with E-state index in [2.05, 4.69) is 0 Å². The molecular weight excluding hydrogens is 286 g/mol. The predicted molar refractivity (Wildman–Crippen MR) is 93.5 cm³/mol. The monoisotopic (exact) mass is 311 g/mol. The number of ether oxygens (including phenoxy) is 1. The van der Waals surface area contributed by atoms with Crippen LogP contribution in [0, 0.1) is 13.8 Å². The van der Waals surface area contributed by atoms with Gasteiger partial charge >= 0.3 is 0 Å². The molecule has 0 radical (unpaired) electrons. The highest BCUT2D eigenvalue weighted by Crippen LogP contribution is 2.22. The molecule has 2 aromatic carbocycles. The lowest BCUT2D eigenvalue weighted by molar-refractivity contribution is -0.138. The molecule has 0 bridgehead atoms. The highest BCUT2D eigenvalue weighted by molar-refractivity contribution is 5.81. The Balaban J connectivity index is 2.07. The standard InChI is InChI=1S/C20H25NO2/c1-5-18(23-19-13-15(2)11-12-16(19)3)20(22)21(4)14-17-9-7-6-8-10-17/h6-13,18H,5,14H2,1-4H3. The molecule has 3 heteroatoms. The Morgan fingerprint density at radius 1 is 1.13 bits per heavy atom. The van der Waals surface area contributed by atoms with Crippen LogP contribution in [0.2, 0.25) is 0 Å². The molecule has 122 valence electrons. The van der Waals surface area contributed by atoms with Crippen LogP contribution in [0.1, 0.15) is 30.0 Å². The van der Waals surface area contributed by atoms with Crippen molar-refractivity contribution in [3.8, 4) is 5.75 Å². The van der Waals surface area contributed by atoms with Crippen molar-refractivity contribution in [3.05, 3.63) is 65.2 Å². The minimum absolute atomic E-state index is 0.0114. The van der Waals surface area contributed by atoms with Gasteiger partial charge in [-0.25, -0.2) is 0 Å². The van der Waals surface area contributed by atoms with Crippen molar-refractivity contribution in [3.63, 3.8) is 0 Å². The molecule has 0 N–H and O–H groups in total. The summed E-state index contributed by atoms with van der Waals surface area (Å²) < 4.78 is 6.00. The molecule has 0 fully saturated rings. The van der Waals surface area contributed by atoms with Gasteiger partial charge in [-0.2, -0.15) is 0 Å². The van der Waals surface area contributed by atoms with Crippen molar-refractivity contribution >= 4 is 5.91 Å². The molecule has 1 atom stereocenters. The van der Waals surface area contributed by atoms with Gasteiger partial charge in [0.1, 0.15) is 5.75 Å². The lowest BCUT2D eigenvalue weighted by Crippen LogP contribution is -2.39. The smallest absolute Gasteiger partial charge is 0.263 e. The van der Waals surface area contributed by atoms with Gasteiger partial charge in [0.25, 0.3) is 5.91 Å². The van der Waals surface area contributed by atoms with Gasteiger partial charge < -0.3 is 9.64 Å². The van der Waals surface area contributed by atoms with Crippen LogP contribution in [-0.4, -0.2) is 24.0 Å². The second-order valence-electron chi connectivity index (χ2n) is 5.96. The second-order valence-corrected chi connectivity index (χ2v) is 5.96. The van der Waals surface area contributed by atoms with E-state index in [1.54, 1.807) is 4.90 Å². The molecule has 0 aromatic heterocycles. The van der Waals surface area contributed by atoms with Gasteiger partial charge in [0, 0.05) is 13.6 Å². The minimum atomic E-state index is -0.454. The molecule has 0 aliphatic rings. The molecule has 3 nitrogen and oxygen atoms in total. The largest absolute Gasteiger partial charge is 0.480 e. The van der Waals surface area contributed by atoms with Crippen LogP contribution in [0.25, 0.3) is 0 Å². The Labute approximate surface area is 138 Å². The van der Waals surface area contributed by atoms with Crippen LogP contribution in [0.3, 0.4) is 0 Å². The maximum atomic E-state index is 12.7. The molecule has 0 aliphatic carbocycles. The van der Waals surface area contributed by atoms with Gasteiger partial charge in [0.05, 0.1) is 0 Å². The van der Waals surface area contributed by atoms with Gasteiger partial charge in [-0.3, -0.25) is 4.79 Å². The average Bonchev–Trinajstić information content (AvgIpc) is 2.56. The summed E-state index contributed by atoms with van der Waals surface area (Å²) in [6.07, 6.45) is 0.190. The van der Waals surface area contributed by atoms with Crippen molar-refractivity contribution in [1.82, 2.24) is 4.90 Å². The number of nitrogens with zero attached hydrogens (tertiary/aromatic N) is 1. The van der Waals surface area contributed by atoms with Crippen LogP contribution < -0.4 is 4.74 Å². The Bertz CT molecular complexity index is 652. The fourth-order valence-corrected chi connectivity index (χ4v) is 2.48. The number of carbonyl (C=O) groups is 1. The Kier molecular flexibility index (Phi) is 5.80. The maximum Gasteiger partial charge on any atom is 0.263 e. The number of amides is 1. The summed E-state index contributed by atoms with van der Waals surface area (Å²) >= 11 is 0.